The molecular weight excluding hydrogens is 239 g/mol. The van der Waals surface area contributed by atoms with Gasteiger partial charge in [-0.3, -0.25) is 4.68 Å². The van der Waals surface area contributed by atoms with E-state index in [1.165, 1.54) is 12.1 Å². The molecule has 90 valence electrons. The van der Waals surface area contributed by atoms with Crippen LogP contribution in [0.25, 0.3) is 11.3 Å². The van der Waals surface area contributed by atoms with Crippen LogP contribution in [0, 0.1) is 19.7 Å². The number of hydrogen-bond donors (Lipinski definition) is 0. The minimum absolute atomic E-state index is 0.252. The summed E-state index contributed by atoms with van der Waals surface area (Å²) in [5, 5.41) is 4.92. The molecule has 17 heavy (non-hydrogen) atoms. The zero-order chi connectivity index (χ0) is 12.6. The molecule has 1 aromatic heterocycles. The third kappa shape index (κ3) is 2.20. The van der Waals surface area contributed by atoms with Gasteiger partial charge in [-0.2, -0.15) is 5.10 Å². The average molecular weight is 253 g/mol. The van der Waals surface area contributed by atoms with Crippen LogP contribution in [0.1, 0.15) is 18.2 Å². The molecule has 0 N–H and O–H groups in total. The van der Waals surface area contributed by atoms with Crippen LogP contribution in [0.5, 0.6) is 0 Å². The van der Waals surface area contributed by atoms with Gasteiger partial charge in [0, 0.05) is 12.1 Å². The maximum atomic E-state index is 13.4. The van der Waals surface area contributed by atoms with Gasteiger partial charge in [0.2, 0.25) is 0 Å². The smallest absolute Gasteiger partial charge is 0.124 e. The van der Waals surface area contributed by atoms with Crippen molar-refractivity contribution >= 4 is 11.6 Å². The average Bonchev–Trinajstić information content (AvgIpc) is 2.53. The minimum atomic E-state index is -0.252. The third-order valence-corrected chi connectivity index (χ3v) is 3.12. The summed E-state index contributed by atoms with van der Waals surface area (Å²) < 4.78 is 15.2. The molecule has 1 aromatic carbocycles. The van der Waals surface area contributed by atoms with Gasteiger partial charge in [0.15, 0.2) is 0 Å². The molecule has 0 spiro atoms. The summed E-state index contributed by atoms with van der Waals surface area (Å²) >= 11 is 6.23. The van der Waals surface area contributed by atoms with Crippen LogP contribution in [0.15, 0.2) is 18.2 Å². The Morgan fingerprint density at radius 3 is 2.59 bits per heavy atom. The summed E-state index contributed by atoms with van der Waals surface area (Å²) in [6.07, 6.45) is 0. The topological polar surface area (TPSA) is 17.8 Å². The predicted molar refractivity (Wildman–Crippen MR) is 67.8 cm³/mol. The van der Waals surface area contributed by atoms with Crippen LogP contribution in [0.3, 0.4) is 0 Å². The van der Waals surface area contributed by atoms with E-state index in [1.807, 2.05) is 26.8 Å². The molecule has 2 aromatic rings. The van der Waals surface area contributed by atoms with Crippen LogP contribution >= 0.6 is 11.6 Å². The quantitative estimate of drug-likeness (QED) is 0.791. The fourth-order valence-electron chi connectivity index (χ4n) is 1.94. The molecule has 0 atom stereocenters. The lowest BCUT2D eigenvalue weighted by Gasteiger charge is -2.07. The first-order valence-electron chi connectivity index (χ1n) is 5.53. The first kappa shape index (κ1) is 12.1. The second-order valence-electron chi connectivity index (χ2n) is 4.08. The minimum Gasteiger partial charge on any atom is -0.263 e. The van der Waals surface area contributed by atoms with Gasteiger partial charge < -0.3 is 0 Å². The predicted octanol–water partition coefficient (Wildman–Crippen LogP) is 3.98. The molecule has 0 saturated heterocycles. The van der Waals surface area contributed by atoms with Crippen LogP contribution in [0.4, 0.5) is 4.39 Å². The zero-order valence-electron chi connectivity index (χ0n) is 10.1. The Kier molecular flexibility index (Phi) is 3.20. The zero-order valence-corrected chi connectivity index (χ0v) is 10.8. The van der Waals surface area contributed by atoms with E-state index < -0.39 is 0 Å². The Morgan fingerprint density at radius 1 is 1.29 bits per heavy atom. The third-order valence-electron chi connectivity index (χ3n) is 2.67. The SMILES string of the molecule is CCn1nc(C)c(Cl)c1-c1cc(C)cc(F)c1. The van der Waals surface area contributed by atoms with E-state index in [2.05, 4.69) is 5.10 Å². The largest absolute Gasteiger partial charge is 0.263 e. The molecule has 1 heterocycles. The highest BCUT2D eigenvalue weighted by Crippen LogP contribution is 2.31. The standard InChI is InChI=1S/C13H14ClFN2/c1-4-17-13(12(14)9(3)16-17)10-5-8(2)6-11(15)7-10/h5-7H,4H2,1-3H3. The number of aromatic nitrogens is 2. The molecular formula is C13H14ClFN2. The van der Waals surface area contributed by atoms with Gasteiger partial charge in [-0.25, -0.2) is 4.39 Å². The Bertz CT molecular complexity index is 541. The summed E-state index contributed by atoms with van der Waals surface area (Å²) in [6.45, 7) is 6.40. The van der Waals surface area contributed by atoms with Crippen LogP contribution in [-0.4, -0.2) is 9.78 Å². The number of rotatable bonds is 2. The fraction of sp³-hybridized carbons (Fsp3) is 0.308. The van der Waals surface area contributed by atoms with Crippen LogP contribution in [0.2, 0.25) is 5.02 Å². The lowest BCUT2D eigenvalue weighted by atomic mass is 10.1. The lowest BCUT2D eigenvalue weighted by Crippen LogP contribution is -1.99. The van der Waals surface area contributed by atoms with Crippen molar-refractivity contribution in [2.75, 3.05) is 0 Å². The van der Waals surface area contributed by atoms with Gasteiger partial charge in [-0.05, 0) is 44.5 Å². The summed E-state index contributed by atoms with van der Waals surface area (Å²) in [4.78, 5) is 0. The molecule has 2 nitrogen and oxygen atoms in total. The first-order chi connectivity index (χ1) is 8.02. The highest BCUT2D eigenvalue weighted by atomic mass is 35.5. The van der Waals surface area contributed by atoms with E-state index in [-0.39, 0.29) is 5.82 Å². The van der Waals surface area contributed by atoms with Gasteiger partial charge in [-0.1, -0.05) is 11.6 Å². The molecule has 0 amide bonds. The molecule has 0 saturated carbocycles. The number of benzene rings is 1. The lowest BCUT2D eigenvalue weighted by molar-refractivity contribution is 0.625. The summed E-state index contributed by atoms with van der Waals surface area (Å²) in [5.41, 5.74) is 3.20. The van der Waals surface area contributed by atoms with E-state index in [9.17, 15) is 4.39 Å². The van der Waals surface area contributed by atoms with Crippen LogP contribution in [-0.2, 0) is 6.54 Å². The van der Waals surface area contributed by atoms with Crippen LogP contribution < -0.4 is 0 Å². The fourth-order valence-corrected chi connectivity index (χ4v) is 2.18. The highest BCUT2D eigenvalue weighted by molar-refractivity contribution is 6.33. The molecule has 0 aliphatic rings. The molecule has 2 rings (SSSR count). The highest BCUT2D eigenvalue weighted by Gasteiger charge is 2.15. The van der Waals surface area contributed by atoms with Crippen molar-refractivity contribution in [3.05, 3.63) is 40.3 Å². The Balaban J connectivity index is 2.67. The Labute approximate surface area is 105 Å². The monoisotopic (exact) mass is 252 g/mol. The van der Waals surface area contributed by atoms with E-state index >= 15 is 0 Å². The van der Waals surface area contributed by atoms with Crippen molar-refractivity contribution < 1.29 is 4.39 Å². The van der Waals surface area contributed by atoms with Crippen molar-refractivity contribution in [2.24, 2.45) is 0 Å². The van der Waals surface area contributed by atoms with E-state index in [1.54, 1.807) is 4.68 Å². The van der Waals surface area contributed by atoms with E-state index in [0.29, 0.717) is 11.6 Å². The molecule has 0 aliphatic heterocycles. The molecule has 0 unspecified atom stereocenters. The van der Waals surface area contributed by atoms with Crippen molar-refractivity contribution in [1.29, 1.82) is 0 Å². The second-order valence-corrected chi connectivity index (χ2v) is 4.46. The van der Waals surface area contributed by atoms with E-state index in [0.717, 1.165) is 22.5 Å². The van der Waals surface area contributed by atoms with Gasteiger partial charge in [0.1, 0.15) is 5.82 Å². The maximum absolute atomic E-state index is 13.4. The number of aryl methyl sites for hydroxylation is 3. The second kappa shape index (κ2) is 4.49. The molecule has 0 radical (unpaired) electrons. The van der Waals surface area contributed by atoms with Crippen molar-refractivity contribution in [3.63, 3.8) is 0 Å². The summed E-state index contributed by atoms with van der Waals surface area (Å²) in [6, 6.07) is 4.90. The normalized spacial score (nSPS) is 10.9. The Morgan fingerprint density at radius 2 is 2.00 bits per heavy atom. The van der Waals surface area contributed by atoms with Crippen molar-refractivity contribution in [1.82, 2.24) is 9.78 Å². The Hall–Kier alpha value is -1.35. The molecule has 4 heteroatoms. The number of hydrogen-bond acceptors (Lipinski definition) is 1. The van der Waals surface area contributed by atoms with Crippen molar-refractivity contribution in [2.45, 2.75) is 27.3 Å². The number of halogens is 2. The number of nitrogens with zero attached hydrogens (tertiary/aromatic N) is 2. The first-order valence-corrected chi connectivity index (χ1v) is 5.91. The molecule has 0 aliphatic carbocycles. The summed E-state index contributed by atoms with van der Waals surface area (Å²) in [7, 11) is 0. The van der Waals surface area contributed by atoms with Gasteiger partial charge in [0.05, 0.1) is 16.4 Å². The molecule has 0 fully saturated rings. The van der Waals surface area contributed by atoms with Gasteiger partial charge in [-0.15, -0.1) is 0 Å². The van der Waals surface area contributed by atoms with Gasteiger partial charge in [0.25, 0.3) is 0 Å². The van der Waals surface area contributed by atoms with E-state index in [4.69, 9.17) is 11.6 Å². The maximum Gasteiger partial charge on any atom is 0.124 e. The molecule has 0 bridgehead atoms. The summed E-state index contributed by atoms with van der Waals surface area (Å²) in [5.74, 6) is -0.252. The van der Waals surface area contributed by atoms with Crippen molar-refractivity contribution in [3.8, 4) is 11.3 Å². The van der Waals surface area contributed by atoms with Gasteiger partial charge >= 0.3 is 0 Å².